The molecule has 138 valence electrons. The van der Waals surface area contributed by atoms with Gasteiger partial charge in [0.2, 0.25) is 23.5 Å². The predicted octanol–water partition coefficient (Wildman–Crippen LogP) is 1.30. The van der Waals surface area contributed by atoms with Gasteiger partial charge in [-0.1, -0.05) is 5.16 Å². The molecule has 0 aliphatic carbocycles. The van der Waals surface area contributed by atoms with Crippen LogP contribution in [0.25, 0.3) is 11.4 Å². The lowest BCUT2D eigenvalue weighted by atomic mass is 10.1. The van der Waals surface area contributed by atoms with E-state index < -0.39 is 0 Å². The van der Waals surface area contributed by atoms with Gasteiger partial charge in [0.1, 0.15) is 0 Å². The molecule has 4 rings (SSSR count). The number of hydrogen-bond acceptors (Lipinski definition) is 8. The molecule has 1 N–H and O–H groups in total. The van der Waals surface area contributed by atoms with Crippen molar-refractivity contribution in [2.45, 2.75) is 12.8 Å². The van der Waals surface area contributed by atoms with Crippen LogP contribution in [-0.2, 0) is 16.0 Å². The van der Waals surface area contributed by atoms with Gasteiger partial charge in [0.05, 0.1) is 5.92 Å². The van der Waals surface area contributed by atoms with E-state index in [2.05, 4.69) is 25.4 Å². The molecule has 1 unspecified atom stereocenters. The van der Waals surface area contributed by atoms with Gasteiger partial charge in [-0.3, -0.25) is 19.5 Å². The number of amides is 2. The first-order valence-corrected chi connectivity index (χ1v) is 9.29. The van der Waals surface area contributed by atoms with Crippen LogP contribution in [0.1, 0.15) is 12.3 Å². The first-order valence-electron chi connectivity index (χ1n) is 8.41. The fourth-order valence-corrected chi connectivity index (χ4v) is 3.49. The van der Waals surface area contributed by atoms with Gasteiger partial charge in [0.25, 0.3) is 0 Å². The summed E-state index contributed by atoms with van der Waals surface area (Å²) in [7, 11) is 0. The van der Waals surface area contributed by atoms with Crippen molar-refractivity contribution < 1.29 is 14.1 Å². The number of carbonyl (C=O) groups excluding carboxylic acids is 2. The van der Waals surface area contributed by atoms with Crippen LogP contribution in [0, 0.1) is 5.92 Å². The largest absolute Gasteiger partial charge is 0.355 e. The smallest absolute Gasteiger partial charge is 0.229 e. The van der Waals surface area contributed by atoms with Gasteiger partial charge in [-0.25, -0.2) is 4.98 Å². The number of nitrogens with one attached hydrogen (secondary N) is 1. The van der Waals surface area contributed by atoms with Crippen molar-refractivity contribution in [2.75, 3.05) is 18.0 Å². The fraction of sp³-hybridized carbons (Fsp3) is 0.294. The average molecular weight is 384 g/mol. The number of pyridine rings is 1. The predicted molar refractivity (Wildman–Crippen MR) is 96.8 cm³/mol. The van der Waals surface area contributed by atoms with Crippen molar-refractivity contribution in [1.29, 1.82) is 0 Å². The molecule has 0 bridgehead atoms. The molecule has 1 fully saturated rings. The molecule has 3 aromatic rings. The minimum atomic E-state index is -0.380. The zero-order valence-electron chi connectivity index (χ0n) is 14.2. The summed E-state index contributed by atoms with van der Waals surface area (Å²) in [6.45, 7) is 0.708. The highest BCUT2D eigenvalue weighted by Gasteiger charge is 2.36. The Bertz CT molecular complexity index is 927. The first kappa shape index (κ1) is 17.3. The van der Waals surface area contributed by atoms with Crippen LogP contribution in [0.4, 0.5) is 5.13 Å². The molecule has 9 nitrogen and oxygen atoms in total. The number of nitrogens with zero attached hydrogens (tertiary/aromatic N) is 5. The van der Waals surface area contributed by atoms with Crippen LogP contribution >= 0.6 is 11.3 Å². The van der Waals surface area contributed by atoms with Gasteiger partial charge < -0.3 is 9.84 Å². The third-order valence-electron chi connectivity index (χ3n) is 4.17. The third-order valence-corrected chi connectivity index (χ3v) is 4.97. The van der Waals surface area contributed by atoms with Crippen molar-refractivity contribution in [3.8, 4) is 11.4 Å². The quantitative estimate of drug-likeness (QED) is 0.681. The summed E-state index contributed by atoms with van der Waals surface area (Å²) in [4.78, 5) is 38.4. The van der Waals surface area contributed by atoms with Crippen LogP contribution in [0.15, 0.2) is 40.6 Å². The summed E-state index contributed by atoms with van der Waals surface area (Å²) in [6.07, 6.45) is 5.57. The van der Waals surface area contributed by atoms with Gasteiger partial charge in [-0.15, -0.1) is 11.3 Å². The van der Waals surface area contributed by atoms with Crippen LogP contribution in [0.3, 0.4) is 0 Å². The van der Waals surface area contributed by atoms with Crippen molar-refractivity contribution >= 4 is 28.3 Å². The lowest BCUT2D eigenvalue weighted by Gasteiger charge is -2.12. The second kappa shape index (κ2) is 7.62. The van der Waals surface area contributed by atoms with Crippen molar-refractivity contribution in [3.63, 3.8) is 0 Å². The second-order valence-electron chi connectivity index (χ2n) is 6.01. The van der Waals surface area contributed by atoms with Gasteiger partial charge >= 0.3 is 0 Å². The minimum absolute atomic E-state index is 0.0805. The Morgan fingerprint density at radius 1 is 1.41 bits per heavy atom. The summed E-state index contributed by atoms with van der Waals surface area (Å²) in [5.41, 5.74) is 0.767. The number of anilines is 1. The van der Waals surface area contributed by atoms with Gasteiger partial charge in [-0.05, 0) is 12.1 Å². The number of carbonyl (C=O) groups is 2. The molecular weight excluding hydrogens is 368 g/mol. The van der Waals surface area contributed by atoms with Gasteiger partial charge in [-0.2, -0.15) is 4.98 Å². The highest BCUT2D eigenvalue weighted by Crippen LogP contribution is 2.26. The van der Waals surface area contributed by atoms with Gasteiger partial charge in [0.15, 0.2) is 5.13 Å². The Hall–Kier alpha value is -3.14. The molecule has 27 heavy (non-hydrogen) atoms. The van der Waals surface area contributed by atoms with E-state index in [1.807, 2.05) is 6.07 Å². The molecule has 0 radical (unpaired) electrons. The van der Waals surface area contributed by atoms with Crippen LogP contribution < -0.4 is 10.2 Å². The van der Waals surface area contributed by atoms with E-state index in [0.29, 0.717) is 36.4 Å². The summed E-state index contributed by atoms with van der Waals surface area (Å²) in [5.74, 6) is 0.276. The first-order chi connectivity index (χ1) is 13.2. The maximum Gasteiger partial charge on any atom is 0.229 e. The molecule has 0 spiro atoms. The highest BCUT2D eigenvalue weighted by atomic mass is 32.1. The maximum atomic E-state index is 12.3. The molecule has 2 amide bonds. The van der Waals surface area contributed by atoms with E-state index in [-0.39, 0.29) is 24.2 Å². The van der Waals surface area contributed by atoms with E-state index in [1.165, 1.54) is 11.3 Å². The molecule has 10 heteroatoms. The molecule has 0 saturated carbocycles. The third kappa shape index (κ3) is 3.85. The number of thiazole rings is 1. The van der Waals surface area contributed by atoms with Crippen molar-refractivity contribution in [2.24, 2.45) is 5.92 Å². The lowest BCUT2D eigenvalue weighted by Crippen LogP contribution is -2.34. The Morgan fingerprint density at radius 2 is 2.33 bits per heavy atom. The lowest BCUT2D eigenvalue weighted by molar-refractivity contribution is -0.126. The monoisotopic (exact) mass is 384 g/mol. The van der Waals surface area contributed by atoms with Crippen LogP contribution in [0.5, 0.6) is 0 Å². The fourth-order valence-electron chi connectivity index (χ4n) is 2.82. The minimum Gasteiger partial charge on any atom is -0.355 e. The molecule has 1 aliphatic rings. The SMILES string of the molecule is O=C(NCCc1nc(-c2cccnc2)no1)C1CC(=O)N(c2nccs2)C1. The molecule has 1 saturated heterocycles. The van der Waals surface area contributed by atoms with E-state index in [0.717, 1.165) is 5.56 Å². The second-order valence-corrected chi connectivity index (χ2v) is 6.89. The zero-order valence-corrected chi connectivity index (χ0v) is 15.1. The zero-order chi connectivity index (χ0) is 18.6. The number of aromatic nitrogens is 4. The normalized spacial score (nSPS) is 16.7. The van der Waals surface area contributed by atoms with E-state index in [4.69, 9.17) is 4.52 Å². The number of rotatable bonds is 6. The van der Waals surface area contributed by atoms with Crippen molar-refractivity contribution in [3.05, 3.63) is 42.0 Å². The van der Waals surface area contributed by atoms with E-state index in [1.54, 1.807) is 34.9 Å². The van der Waals surface area contributed by atoms with E-state index >= 15 is 0 Å². The Morgan fingerprint density at radius 3 is 3.11 bits per heavy atom. The highest BCUT2D eigenvalue weighted by molar-refractivity contribution is 7.13. The topological polar surface area (TPSA) is 114 Å². The van der Waals surface area contributed by atoms with Crippen LogP contribution in [0.2, 0.25) is 0 Å². The Kier molecular flexibility index (Phi) is 4.88. The molecular formula is C17H16N6O3S. The standard InChI is InChI=1S/C17H16N6O3S/c24-14-8-12(10-23(14)17-20-6-7-27-17)16(25)19-5-3-13-21-15(22-26-13)11-2-1-4-18-9-11/h1-2,4,6-7,9,12H,3,5,8,10H2,(H,19,25). The molecule has 0 aromatic carbocycles. The average Bonchev–Trinajstić information content (AvgIpc) is 3.43. The molecule has 1 aliphatic heterocycles. The molecule has 3 aromatic heterocycles. The summed E-state index contributed by atoms with van der Waals surface area (Å²) in [5, 5.41) is 9.18. The number of hydrogen-bond donors (Lipinski definition) is 1. The summed E-state index contributed by atoms with van der Waals surface area (Å²) < 4.78 is 5.20. The Balaban J connectivity index is 1.28. The molecule has 1 atom stereocenters. The summed E-state index contributed by atoms with van der Waals surface area (Å²) in [6, 6.07) is 3.64. The molecule has 4 heterocycles. The van der Waals surface area contributed by atoms with E-state index in [9.17, 15) is 9.59 Å². The maximum absolute atomic E-state index is 12.3. The summed E-state index contributed by atoms with van der Waals surface area (Å²) >= 11 is 1.38. The van der Waals surface area contributed by atoms with Gasteiger partial charge in [0, 0.05) is 55.5 Å². The van der Waals surface area contributed by atoms with Crippen molar-refractivity contribution in [1.82, 2.24) is 25.4 Å². The van der Waals surface area contributed by atoms with Crippen LogP contribution in [-0.4, -0.2) is 45.0 Å². The Labute approximate surface area is 158 Å².